The Morgan fingerprint density at radius 2 is 1.85 bits per heavy atom. The third-order valence-electron chi connectivity index (χ3n) is 4.31. The van der Waals surface area contributed by atoms with E-state index in [2.05, 4.69) is 5.32 Å². The molecule has 0 radical (unpaired) electrons. The molecule has 0 aliphatic rings. The van der Waals surface area contributed by atoms with Gasteiger partial charge in [-0.3, -0.25) is 15.4 Å². The highest BCUT2D eigenvalue weighted by molar-refractivity contribution is 7.10. The van der Waals surface area contributed by atoms with Crippen molar-refractivity contribution in [2.75, 3.05) is 0 Å². The summed E-state index contributed by atoms with van der Waals surface area (Å²) in [5, 5.41) is 16.5. The van der Waals surface area contributed by atoms with Crippen LogP contribution in [0.1, 0.15) is 40.6 Å². The van der Waals surface area contributed by atoms with Gasteiger partial charge in [-0.2, -0.15) is 0 Å². The van der Waals surface area contributed by atoms with E-state index in [1.165, 1.54) is 18.2 Å². The van der Waals surface area contributed by atoms with Crippen LogP contribution in [0.15, 0.2) is 53.9 Å². The summed E-state index contributed by atoms with van der Waals surface area (Å²) in [4.78, 5) is 11.7. The predicted octanol–water partition coefficient (Wildman–Crippen LogP) is 5.68. The fourth-order valence-corrected chi connectivity index (χ4v) is 3.88. The van der Waals surface area contributed by atoms with Crippen molar-refractivity contribution in [3.05, 3.63) is 97.2 Å². The van der Waals surface area contributed by atoms with Gasteiger partial charge < -0.3 is 0 Å². The number of nitro groups is 1. The van der Waals surface area contributed by atoms with Gasteiger partial charge in [0.25, 0.3) is 5.69 Å². The van der Waals surface area contributed by atoms with Crippen LogP contribution in [-0.4, -0.2) is 4.92 Å². The zero-order valence-corrected chi connectivity index (χ0v) is 15.6. The summed E-state index contributed by atoms with van der Waals surface area (Å²) in [5.74, 6) is -1.80. The maximum atomic E-state index is 13.6. The Bertz CT molecular complexity index is 974. The van der Waals surface area contributed by atoms with Crippen LogP contribution in [0.5, 0.6) is 0 Å². The lowest BCUT2D eigenvalue weighted by Gasteiger charge is -2.23. The Morgan fingerprint density at radius 1 is 1.07 bits per heavy atom. The van der Waals surface area contributed by atoms with Crippen LogP contribution in [0, 0.1) is 28.7 Å². The van der Waals surface area contributed by atoms with Crippen molar-refractivity contribution in [3.8, 4) is 0 Å². The van der Waals surface area contributed by atoms with Crippen LogP contribution in [0.25, 0.3) is 0 Å². The maximum Gasteiger partial charge on any atom is 0.269 e. The average Bonchev–Trinajstić information content (AvgIpc) is 3.07. The number of rotatable bonds is 6. The minimum atomic E-state index is -0.903. The van der Waals surface area contributed by atoms with E-state index in [0.29, 0.717) is 5.56 Å². The Kier molecular flexibility index (Phi) is 5.62. The van der Waals surface area contributed by atoms with Crippen molar-refractivity contribution in [2.45, 2.75) is 25.9 Å². The minimum Gasteiger partial charge on any atom is -0.299 e. The number of non-ortho nitro benzene ring substituents is 1. The topological polar surface area (TPSA) is 55.2 Å². The largest absolute Gasteiger partial charge is 0.299 e. The lowest BCUT2D eigenvalue weighted by molar-refractivity contribution is -0.384. The number of thiophene rings is 1. The predicted molar refractivity (Wildman–Crippen MR) is 102 cm³/mol. The summed E-state index contributed by atoms with van der Waals surface area (Å²) >= 11 is 1.54. The minimum absolute atomic E-state index is 0.00746. The first-order chi connectivity index (χ1) is 12.8. The second kappa shape index (κ2) is 7.94. The molecule has 0 saturated heterocycles. The van der Waals surface area contributed by atoms with Crippen LogP contribution in [-0.2, 0) is 0 Å². The molecule has 0 saturated carbocycles. The summed E-state index contributed by atoms with van der Waals surface area (Å²) in [7, 11) is 0. The molecule has 2 unspecified atom stereocenters. The number of hydrogen-bond donors (Lipinski definition) is 1. The lowest BCUT2D eigenvalue weighted by Crippen LogP contribution is -2.25. The molecule has 1 heterocycles. The van der Waals surface area contributed by atoms with Gasteiger partial charge in [0, 0.05) is 23.1 Å². The molecule has 1 N–H and O–H groups in total. The van der Waals surface area contributed by atoms with E-state index in [1.807, 2.05) is 31.4 Å². The quantitative estimate of drug-likeness (QED) is 0.436. The van der Waals surface area contributed by atoms with E-state index in [0.717, 1.165) is 28.1 Å². The van der Waals surface area contributed by atoms with Crippen molar-refractivity contribution in [1.29, 1.82) is 0 Å². The van der Waals surface area contributed by atoms with Crippen LogP contribution in [0.2, 0.25) is 0 Å². The Morgan fingerprint density at radius 3 is 2.48 bits per heavy atom. The number of hydrogen-bond acceptors (Lipinski definition) is 4. The third kappa shape index (κ3) is 4.37. The SMILES string of the molecule is Cc1csc(C(NC(C)c2ccc(F)c(F)c2)c2cccc([N+](=O)[O-])c2)c1. The summed E-state index contributed by atoms with van der Waals surface area (Å²) in [6.07, 6.45) is 0. The van der Waals surface area contributed by atoms with Gasteiger partial charge in [0.2, 0.25) is 0 Å². The average molecular weight is 388 g/mol. The molecule has 140 valence electrons. The molecule has 0 spiro atoms. The molecule has 4 nitrogen and oxygen atoms in total. The highest BCUT2D eigenvalue weighted by Crippen LogP contribution is 2.32. The van der Waals surface area contributed by atoms with Gasteiger partial charge in [0.1, 0.15) is 0 Å². The van der Waals surface area contributed by atoms with Crippen molar-refractivity contribution < 1.29 is 13.7 Å². The number of nitrogens with one attached hydrogen (secondary N) is 1. The zero-order chi connectivity index (χ0) is 19.6. The fraction of sp³-hybridized carbons (Fsp3) is 0.200. The van der Waals surface area contributed by atoms with Gasteiger partial charge in [0.15, 0.2) is 11.6 Å². The Hall–Kier alpha value is -2.64. The molecule has 0 aliphatic heterocycles. The van der Waals surface area contributed by atoms with E-state index >= 15 is 0 Å². The van der Waals surface area contributed by atoms with Crippen molar-refractivity contribution >= 4 is 17.0 Å². The first kappa shape index (κ1) is 19.1. The standard InChI is InChI=1S/C20H18F2N2O2S/c1-12-8-19(27-11-12)20(15-4-3-5-16(9-15)24(25)26)23-13(2)14-6-7-17(21)18(22)10-14/h3-11,13,20,23H,1-2H3. The summed E-state index contributed by atoms with van der Waals surface area (Å²) in [5.41, 5.74) is 2.43. The Balaban J connectivity index is 1.96. The fourth-order valence-electron chi connectivity index (χ4n) is 2.89. The molecule has 7 heteroatoms. The number of benzene rings is 2. The smallest absolute Gasteiger partial charge is 0.269 e. The van der Waals surface area contributed by atoms with Gasteiger partial charge in [-0.25, -0.2) is 8.78 Å². The maximum absolute atomic E-state index is 13.6. The molecule has 0 bridgehead atoms. The number of nitro benzene ring substituents is 1. The molecule has 1 aromatic heterocycles. The van der Waals surface area contributed by atoms with E-state index < -0.39 is 16.6 Å². The monoisotopic (exact) mass is 388 g/mol. The van der Waals surface area contributed by atoms with Crippen LogP contribution in [0.3, 0.4) is 0 Å². The van der Waals surface area contributed by atoms with E-state index in [-0.39, 0.29) is 17.8 Å². The Labute approximate surface area is 159 Å². The first-order valence-electron chi connectivity index (χ1n) is 8.35. The summed E-state index contributed by atoms with van der Waals surface area (Å²) in [6.45, 7) is 3.82. The third-order valence-corrected chi connectivity index (χ3v) is 5.43. The molecule has 0 amide bonds. The second-order valence-corrected chi connectivity index (χ2v) is 7.32. The van der Waals surface area contributed by atoms with Crippen LogP contribution < -0.4 is 5.32 Å². The van der Waals surface area contributed by atoms with E-state index in [1.54, 1.807) is 17.4 Å². The highest BCUT2D eigenvalue weighted by Gasteiger charge is 2.21. The van der Waals surface area contributed by atoms with Crippen LogP contribution >= 0.6 is 11.3 Å². The van der Waals surface area contributed by atoms with E-state index in [9.17, 15) is 18.9 Å². The zero-order valence-electron chi connectivity index (χ0n) is 14.8. The van der Waals surface area contributed by atoms with Crippen molar-refractivity contribution in [2.24, 2.45) is 0 Å². The van der Waals surface area contributed by atoms with Gasteiger partial charge >= 0.3 is 0 Å². The molecule has 2 aromatic carbocycles. The second-order valence-electron chi connectivity index (χ2n) is 6.37. The molecule has 0 aliphatic carbocycles. The molecule has 3 rings (SSSR count). The molecular weight excluding hydrogens is 370 g/mol. The van der Waals surface area contributed by atoms with Crippen molar-refractivity contribution in [1.82, 2.24) is 5.32 Å². The number of aryl methyl sites for hydroxylation is 1. The van der Waals surface area contributed by atoms with Gasteiger partial charge in [-0.05, 0) is 54.1 Å². The summed E-state index contributed by atoms with van der Waals surface area (Å²) in [6, 6.07) is 11.6. The van der Waals surface area contributed by atoms with Crippen LogP contribution in [0.4, 0.5) is 14.5 Å². The molecule has 27 heavy (non-hydrogen) atoms. The summed E-state index contributed by atoms with van der Waals surface area (Å²) < 4.78 is 26.8. The number of halogens is 2. The van der Waals surface area contributed by atoms with Gasteiger partial charge in [-0.1, -0.05) is 18.2 Å². The van der Waals surface area contributed by atoms with Gasteiger partial charge in [-0.15, -0.1) is 11.3 Å². The molecule has 2 atom stereocenters. The molecular formula is C20H18F2N2O2S. The first-order valence-corrected chi connectivity index (χ1v) is 9.23. The molecule has 3 aromatic rings. The molecule has 0 fully saturated rings. The van der Waals surface area contributed by atoms with Gasteiger partial charge in [0.05, 0.1) is 11.0 Å². The van der Waals surface area contributed by atoms with E-state index in [4.69, 9.17) is 0 Å². The highest BCUT2D eigenvalue weighted by atomic mass is 32.1. The normalized spacial score (nSPS) is 13.3. The lowest BCUT2D eigenvalue weighted by atomic mass is 10.0. The van der Waals surface area contributed by atoms with Crippen molar-refractivity contribution in [3.63, 3.8) is 0 Å². The number of nitrogens with zero attached hydrogens (tertiary/aromatic N) is 1.